The Balaban J connectivity index is 1.92. The lowest BCUT2D eigenvalue weighted by atomic mass is 10.0. The van der Waals surface area contributed by atoms with E-state index in [1.807, 2.05) is 24.9 Å². The van der Waals surface area contributed by atoms with E-state index in [9.17, 15) is 9.59 Å². The van der Waals surface area contributed by atoms with E-state index in [-0.39, 0.29) is 11.7 Å². The van der Waals surface area contributed by atoms with Gasteiger partial charge in [0.15, 0.2) is 5.78 Å². The smallest absolute Gasteiger partial charge is 0.219 e. The van der Waals surface area contributed by atoms with E-state index in [0.717, 1.165) is 62.5 Å². The molecule has 1 aliphatic rings. The number of carbonyl (C=O) groups excluding carboxylic acids is 2. The maximum absolute atomic E-state index is 12.8. The van der Waals surface area contributed by atoms with Crippen LogP contribution in [0.3, 0.4) is 0 Å². The molecule has 6 nitrogen and oxygen atoms in total. The molecule has 2 rings (SSSR count). The molecule has 0 aliphatic carbocycles. The lowest BCUT2D eigenvalue weighted by Crippen LogP contribution is -2.46. The van der Waals surface area contributed by atoms with Crippen LogP contribution in [0.2, 0.25) is 0 Å². The van der Waals surface area contributed by atoms with Crippen molar-refractivity contribution in [2.45, 2.75) is 52.6 Å². The fourth-order valence-electron chi connectivity index (χ4n) is 3.80. The van der Waals surface area contributed by atoms with Crippen LogP contribution in [0.5, 0.6) is 0 Å². The van der Waals surface area contributed by atoms with Gasteiger partial charge >= 0.3 is 0 Å². The molecule has 0 saturated carbocycles. The molecule has 1 fully saturated rings. The first-order valence-electron chi connectivity index (χ1n) is 9.49. The maximum Gasteiger partial charge on any atom is 0.219 e. The minimum atomic E-state index is 0.112. The number of ketones is 1. The molecule has 2 heterocycles. The second-order valence-corrected chi connectivity index (χ2v) is 7.34. The SMILES string of the molecule is COCCCn1c(C)cc(C(=O)CN2CCC(N(C)C(C)=O)CC2)c1C. The summed E-state index contributed by atoms with van der Waals surface area (Å²) in [7, 11) is 3.58. The fourth-order valence-corrected chi connectivity index (χ4v) is 3.80. The molecule has 1 amide bonds. The molecule has 0 radical (unpaired) electrons. The van der Waals surface area contributed by atoms with E-state index in [4.69, 9.17) is 4.74 Å². The van der Waals surface area contributed by atoms with Crippen molar-refractivity contribution >= 4 is 11.7 Å². The van der Waals surface area contributed by atoms with Gasteiger partial charge in [-0.25, -0.2) is 0 Å². The van der Waals surface area contributed by atoms with Crippen LogP contribution in [-0.4, -0.2) is 72.5 Å². The van der Waals surface area contributed by atoms with Crippen LogP contribution in [0.1, 0.15) is 47.9 Å². The summed E-state index contributed by atoms with van der Waals surface area (Å²) in [5, 5.41) is 0. The van der Waals surface area contributed by atoms with Crippen LogP contribution < -0.4 is 0 Å². The monoisotopic (exact) mass is 363 g/mol. The number of amides is 1. The van der Waals surface area contributed by atoms with E-state index in [0.29, 0.717) is 12.6 Å². The third-order valence-corrected chi connectivity index (χ3v) is 5.57. The van der Waals surface area contributed by atoms with Crippen LogP contribution in [0.25, 0.3) is 0 Å². The van der Waals surface area contributed by atoms with Gasteiger partial charge in [-0.2, -0.15) is 0 Å². The van der Waals surface area contributed by atoms with Crippen LogP contribution >= 0.6 is 0 Å². The molecule has 1 aromatic heterocycles. The molecule has 0 N–H and O–H groups in total. The summed E-state index contributed by atoms with van der Waals surface area (Å²) in [5.41, 5.74) is 3.02. The van der Waals surface area contributed by atoms with Gasteiger partial charge in [-0.05, 0) is 39.2 Å². The number of likely N-dealkylation sites (tertiary alicyclic amines) is 1. The average Bonchev–Trinajstić information content (AvgIpc) is 2.90. The van der Waals surface area contributed by atoms with Crippen molar-refractivity contribution in [3.63, 3.8) is 0 Å². The molecule has 1 aromatic rings. The highest BCUT2D eigenvalue weighted by atomic mass is 16.5. The van der Waals surface area contributed by atoms with Gasteiger partial charge in [-0.1, -0.05) is 0 Å². The predicted molar refractivity (Wildman–Crippen MR) is 103 cm³/mol. The summed E-state index contributed by atoms with van der Waals surface area (Å²) in [6.45, 7) is 9.48. The molecule has 26 heavy (non-hydrogen) atoms. The number of aromatic nitrogens is 1. The van der Waals surface area contributed by atoms with E-state index in [1.54, 1.807) is 14.0 Å². The Morgan fingerprint density at radius 2 is 1.92 bits per heavy atom. The molecule has 0 aromatic carbocycles. The van der Waals surface area contributed by atoms with Gasteiger partial charge in [-0.3, -0.25) is 14.5 Å². The molecule has 1 saturated heterocycles. The first kappa shape index (κ1) is 20.6. The van der Waals surface area contributed by atoms with Crippen molar-refractivity contribution in [2.24, 2.45) is 0 Å². The molecule has 6 heteroatoms. The average molecular weight is 364 g/mol. The number of ether oxygens (including phenoxy) is 1. The molecule has 0 bridgehead atoms. The number of hydrogen-bond donors (Lipinski definition) is 0. The van der Waals surface area contributed by atoms with Gasteiger partial charge in [0.2, 0.25) is 5.91 Å². The third kappa shape index (κ3) is 4.95. The topological polar surface area (TPSA) is 54.8 Å². The van der Waals surface area contributed by atoms with Crippen LogP contribution in [0.4, 0.5) is 0 Å². The standard InChI is InChI=1S/C20H33N3O3/c1-15-13-19(16(2)23(15)9-6-12-26-5)20(25)14-22-10-7-18(8-11-22)21(4)17(3)24/h13,18H,6-12,14H2,1-5H3. The van der Waals surface area contributed by atoms with Gasteiger partial charge in [0, 0.05) is 70.3 Å². The quantitative estimate of drug-likeness (QED) is 0.525. The molecule has 146 valence electrons. The summed E-state index contributed by atoms with van der Waals surface area (Å²) in [6.07, 6.45) is 2.80. The molecule has 1 aliphatic heterocycles. The Kier molecular flexibility index (Phi) is 7.41. The zero-order valence-corrected chi connectivity index (χ0v) is 16.9. The number of aryl methyl sites for hydroxylation is 1. The Morgan fingerprint density at radius 1 is 1.27 bits per heavy atom. The lowest BCUT2D eigenvalue weighted by molar-refractivity contribution is -0.130. The van der Waals surface area contributed by atoms with E-state index in [2.05, 4.69) is 16.4 Å². The third-order valence-electron chi connectivity index (χ3n) is 5.57. The van der Waals surface area contributed by atoms with E-state index in [1.165, 1.54) is 0 Å². The number of piperidine rings is 1. The largest absolute Gasteiger partial charge is 0.385 e. The number of methoxy groups -OCH3 is 1. The second-order valence-electron chi connectivity index (χ2n) is 7.34. The first-order valence-corrected chi connectivity index (χ1v) is 9.49. The minimum absolute atomic E-state index is 0.112. The Morgan fingerprint density at radius 3 is 2.50 bits per heavy atom. The van der Waals surface area contributed by atoms with Crippen LogP contribution in [-0.2, 0) is 16.1 Å². The van der Waals surface area contributed by atoms with Crippen molar-refractivity contribution in [3.8, 4) is 0 Å². The highest BCUT2D eigenvalue weighted by Gasteiger charge is 2.26. The predicted octanol–water partition coefficient (Wildman–Crippen LogP) is 2.27. The zero-order valence-electron chi connectivity index (χ0n) is 16.9. The lowest BCUT2D eigenvalue weighted by Gasteiger charge is -2.36. The molecule has 0 spiro atoms. The first-order chi connectivity index (χ1) is 12.3. The minimum Gasteiger partial charge on any atom is -0.385 e. The van der Waals surface area contributed by atoms with Gasteiger partial charge in [0.1, 0.15) is 0 Å². The van der Waals surface area contributed by atoms with Crippen molar-refractivity contribution in [2.75, 3.05) is 40.4 Å². The van der Waals surface area contributed by atoms with Crippen LogP contribution in [0.15, 0.2) is 6.07 Å². The Bertz CT molecular complexity index is 630. The van der Waals surface area contributed by atoms with Crippen molar-refractivity contribution < 1.29 is 14.3 Å². The fraction of sp³-hybridized carbons (Fsp3) is 0.700. The van der Waals surface area contributed by atoms with E-state index >= 15 is 0 Å². The zero-order chi connectivity index (χ0) is 19.3. The normalized spacial score (nSPS) is 16.0. The summed E-state index contributed by atoms with van der Waals surface area (Å²) in [6, 6.07) is 2.31. The van der Waals surface area contributed by atoms with Crippen molar-refractivity contribution in [1.29, 1.82) is 0 Å². The molecule has 0 unspecified atom stereocenters. The van der Waals surface area contributed by atoms with Gasteiger partial charge < -0.3 is 14.2 Å². The summed E-state index contributed by atoms with van der Waals surface area (Å²) in [5.74, 6) is 0.301. The molecule has 0 atom stereocenters. The van der Waals surface area contributed by atoms with Gasteiger partial charge in [0.05, 0.1) is 6.54 Å². The highest BCUT2D eigenvalue weighted by Crippen LogP contribution is 2.19. The number of carbonyl (C=O) groups is 2. The maximum atomic E-state index is 12.8. The van der Waals surface area contributed by atoms with Crippen molar-refractivity contribution in [3.05, 3.63) is 23.0 Å². The van der Waals surface area contributed by atoms with Crippen molar-refractivity contribution in [1.82, 2.24) is 14.4 Å². The summed E-state index contributed by atoms with van der Waals surface area (Å²) < 4.78 is 7.34. The molecular formula is C20H33N3O3. The highest BCUT2D eigenvalue weighted by molar-refractivity contribution is 5.99. The summed E-state index contributed by atoms with van der Waals surface area (Å²) in [4.78, 5) is 28.3. The Labute approximate surface area is 157 Å². The van der Waals surface area contributed by atoms with Gasteiger partial charge in [0.25, 0.3) is 0 Å². The number of hydrogen-bond acceptors (Lipinski definition) is 4. The van der Waals surface area contributed by atoms with E-state index < -0.39 is 0 Å². The number of Topliss-reactive ketones (excluding diaryl/α,β-unsaturated/α-hetero) is 1. The van der Waals surface area contributed by atoms with Crippen LogP contribution in [0, 0.1) is 13.8 Å². The Hall–Kier alpha value is -1.66. The second kappa shape index (κ2) is 9.33. The number of rotatable bonds is 8. The van der Waals surface area contributed by atoms with Gasteiger partial charge in [-0.15, -0.1) is 0 Å². The number of nitrogens with zero attached hydrogens (tertiary/aromatic N) is 3. The summed E-state index contributed by atoms with van der Waals surface area (Å²) >= 11 is 0. The molecular weight excluding hydrogens is 330 g/mol.